The Hall–Kier alpha value is -1.86. The first-order valence-corrected chi connectivity index (χ1v) is 6.52. The molecular formula is C15H18N2O2. The number of carbonyl (C=O) groups is 1. The van der Waals surface area contributed by atoms with E-state index < -0.39 is 6.10 Å². The topological polar surface area (TPSA) is 53.3 Å². The molecule has 1 atom stereocenters. The van der Waals surface area contributed by atoms with Gasteiger partial charge < -0.3 is 9.64 Å². The van der Waals surface area contributed by atoms with Crippen LogP contribution in [0.15, 0.2) is 30.3 Å². The first kappa shape index (κ1) is 13.6. The van der Waals surface area contributed by atoms with Gasteiger partial charge in [0.15, 0.2) is 6.10 Å². The molecule has 2 rings (SSSR count). The highest BCUT2D eigenvalue weighted by molar-refractivity contribution is 5.82. The van der Waals surface area contributed by atoms with Gasteiger partial charge in [0, 0.05) is 26.1 Å². The van der Waals surface area contributed by atoms with Crippen molar-refractivity contribution in [3.63, 3.8) is 0 Å². The van der Waals surface area contributed by atoms with Gasteiger partial charge in [0.05, 0.1) is 6.07 Å². The molecule has 1 aliphatic rings. The Balaban J connectivity index is 2.04. The lowest BCUT2D eigenvalue weighted by Gasteiger charge is -2.31. The maximum atomic E-state index is 12.4. The van der Waals surface area contributed by atoms with Gasteiger partial charge in [0.2, 0.25) is 0 Å². The van der Waals surface area contributed by atoms with Crippen molar-refractivity contribution in [1.29, 1.82) is 5.26 Å². The van der Waals surface area contributed by atoms with E-state index in [9.17, 15) is 4.79 Å². The van der Waals surface area contributed by atoms with Gasteiger partial charge >= 0.3 is 0 Å². The molecule has 1 aromatic carbocycles. The van der Waals surface area contributed by atoms with Crippen molar-refractivity contribution in [1.82, 2.24) is 4.90 Å². The second-order valence-electron chi connectivity index (χ2n) is 4.76. The minimum absolute atomic E-state index is 0.00918. The van der Waals surface area contributed by atoms with E-state index in [1.165, 1.54) is 0 Å². The molecule has 0 saturated carbocycles. The summed E-state index contributed by atoms with van der Waals surface area (Å²) in [5, 5.41) is 8.87. The smallest absolute Gasteiger partial charge is 0.256 e. The largest absolute Gasteiger partial charge is 0.367 e. The molecule has 0 aliphatic carbocycles. The van der Waals surface area contributed by atoms with E-state index in [2.05, 4.69) is 6.07 Å². The van der Waals surface area contributed by atoms with E-state index in [0.717, 1.165) is 18.4 Å². The molecule has 4 nitrogen and oxygen atoms in total. The van der Waals surface area contributed by atoms with Crippen LogP contribution in [0, 0.1) is 17.2 Å². The Kier molecular flexibility index (Phi) is 4.53. The third-order valence-electron chi connectivity index (χ3n) is 3.55. The average molecular weight is 258 g/mol. The maximum absolute atomic E-state index is 12.4. The fraction of sp³-hybridized carbons (Fsp3) is 0.467. The number of likely N-dealkylation sites (tertiary alicyclic amines) is 1. The zero-order valence-corrected chi connectivity index (χ0v) is 11.1. The minimum Gasteiger partial charge on any atom is -0.367 e. The van der Waals surface area contributed by atoms with Crippen LogP contribution in [0.4, 0.5) is 0 Å². The molecule has 1 saturated heterocycles. The van der Waals surface area contributed by atoms with Gasteiger partial charge in [-0.1, -0.05) is 30.3 Å². The van der Waals surface area contributed by atoms with Crippen molar-refractivity contribution in [3.8, 4) is 6.07 Å². The van der Waals surface area contributed by atoms with E-state index in [0.29, 0.717) is 13.1 Å². The summed E-state index contributed by atoms with van der Waals surface area (Å²) in [5.74, 6) is 0.0758. The Labute approximate surface area is 113 Å². The van der Waals surface area contributed by atoms with Crippen LogP contribution >= 0.6 is 0 Å². The molecule has 0 radical (unpaired) electrons. The van der Waals surface area contributed by atoms with Crippen molar-refractivity contribution < 1.29 is 9.53 Å². The fourth-order valence-corrected chi connectivity index (χ4v) is 2.40. The molecule has 0 spiro atoms. The summed E-state index contributed by atoms with van der Waals surface area (Å²) in [7, 11) is 1.55. The van der Waals surface area contributed by atoms with Gasteiger partial charge in [-0.3, -0.25) is 4.79 Å². The quantitative estimate of drug-likeness (QED) is 0.834. The SMILES string of the molecule is COC(C(=O)N1CCC(C#N)CC1)c1ccccc1. The summed E-state index contributed by atoms with van der Waals surface area (Å²) >= 11 is 0. The first-order chi connectivity index (χ1) is 9.26. The Morgan fingerprint density at radius 1 is 1.37 bits per heavy atom. The number of methoxy groups -OCH3 is 1. The molecule has 1 aromatic rings. The standard InChI is InChI=1S/C15H18N2O2/c1-19-14(13-5-3-2-4-6-13)15(18)17-9-7-12(11-16)8-10-17/h2-6,12,14H,7-10H2,1H3. The number of piperidine rings is 1. The molecule has 4 heteroatoms. The molecule has 0 aromatic heterocycles. The van der Waals surface area contributed by atoms with Crippen LogP contribution in [0.25, 0.3) is 0 Å². The number of benzene rings is 1. The van der Waals surface area contributed by atoms with Gasteiger partial charge in [-0.15, -0.1) is 0 Å². The summed E-state index contributed by atoms with van der Waals surface area (Å²) in [6, 6.07) is 11.8. The highest BCUT2D eigenvalue weighted by atomic mass is 16.5. The lowest BCUT2D eigenvalue weighted by molar-refractivity contribution is -0.143. The number of amides is 1. The number of carbonyl (C=O) groups excluding carboxylic acids is 1. The number of nitriles is 1. The molecule has 0 bridgehead atoms. The van der Waals surface area contributed by atoms with Gasteiger partial charge in [0.1, 0.15) is 0 Å². The second-order valence-corrected chi connectivity index (χ2v) is 4.76. The Morgan fingerprint density at radius 3 is 2.53 bits per heavy atom. The normalized spacial score (nSPS) is 17.8. The molecule has 0 N–H and O–H groups in total. The molecule has 1 heterocycles. The number of rotatable bonds is 3. The average Bonchev–Trinajstić information content (AvgIpc) is 2.49. The van der Waals surface area contributed by atoms with Crippen LogP contribution in [0.5, 0.6) is 0 Å². The van der Waals surface area contributed by atoms with E-state index in [1.807, 2.05) is 30.3 Å². The molecule has 100 valence electrons. The number of hydrogen-bond acceptors (Lipinski definition) is 3. The zero-order chi connectivity index (χ0) is 13.7. The van der Waals surface area contributed by atoms with Crippen LogP contribution in [0.1, 0.15) is 24.5 Å². The summed E-state index contributed by atoms with van der Waals surface area (Å²) in [5.41, 5.74) is 0.873. The van der Waals surface area contributed by atoms with Crippen LogP contribution in [-0.4, -0.2) is 31.0 Å². The Bertz CT molecular complexity index is 459. The number of nitrogens with zero attached hydrogens (tertiary/aromatic N) is 2. The maximum Gasteiger partial charge on any atom is 0.256 e. The van der Waals surface area contributed by atoms with E-state index in [4.69, 9.17) is 10.00 Å². The summed E-state index contributed by atoms with van der Waals surface area (Å²) < 4.78 is 5.35. The highest BCUT2D eigenvalue weighted by Crippen LogP contribution is 2.23. The van der Waals surface area contributed by atoms with Gasteiger partial charge in [0.25, 0.3) is 5.91 Å². The number of hydrogen-bond donors (Lipinski definition) is 0. The minimum atomic E-state index is -0.542. The van der Waals surface area contributed by atoms with Crippen molar-refractivity contribution >= 4 is 5.91 Å². The fourth-order valence-electron chi connectivity index (χ4n) is 2.40. The molecule has 1 amide bonds. The van der Waals surface area contributed by atoms with E-state index in [-0.39, 0.29) is 11.8 Å². The number of ether oxygens (including phenoxy) is 1. The lowest BCUT2D eigenvalue weighted by Crippen LogP contribution is -2.41. The van der Waals surface area contributed by atoms with Gasteiger partial charge in [-0.2, -0.15) is 5.26 Å². The van der Waals surface area contributed by atoms with E-state index >= 15 is 0 Å². The zero-order valence-electron chi connectivity index (χ0n) is 11.1. The molecular weight excluding hydrogens is 240 g/mol. The first-order valence-electron chi connectivity index (χ1n) is 6.52. The molecule has 1 unspecified atom stereocenters. The van der Waals surface area contributed by atoms with Crippen molar-refractivity contribution in [3.05, 3.63) is 35.9 Å². The van der Waals surface area contributed by atoms with Crippen LogP contribution in [0.2, 0.25) is 0 Å². The molecule has 1 aliphatic heterocycles. The predicted octanol–water partition coefficient (Wildman–Crippen LogP) is 2.14. The summed E-state index contributed by atoms with van der Waals surface area (Å²) in [4.78, 5) is 14.2. The van der Waals surface area contributed by atoms with Gasteiger partial charge in [-0.05, 0) is 18.4 Å². The van der Waals surface area contributed by atoms with Crippen LogP contribution in [0.3, 0.4) is 0 Å². The highest BCUT2D eigenvalue weighted by Gasteiger charge is 2.29. The van der Waals surface area contributed by atoms with E-state index in [1.54, 1.807) is 12.0 Å². The summed E-state index contributed by atoms with van der Waals surface area (Å²) in [6.45, 7) is 1.29. The van der Waals surface area contributed by atoms with Gasteiger partial charge in [-0.25, -0.2) is 0 Å². The lowest BCUT2D eigenvalue weighted by atomic mass is 9.97. The van der Waals surface area contributed by atoms with Crippen molar-refractivity contribution in [2.75, 3.05) is 20.2 Å². The second kappa shape index (κ2) is 6.35. The Morgan fingerprint density at radius 2 is 2.00 bits per heavy atom. The summed E-state index contributed by atoms with van der Waals surface area (Å²) in [6.07, 6.45) is 0.973. The third-order valence-corrected chi connectivity index (χ3v) is 3.55. The van der Waals surface area contributed by atoms with Crippen molar-refractivity contribution in [2.24, 2.45) is 5.92 Å². The predicted molar refractivity (Wildman–Crippen MR) is 71.1 cm³/mol. The monoisotopic (exact) mass is 258 g/mol. The van der Waals surface area contributed by atoms with Crippen LogP contribution < -0.4 is 0 Å². The third kappa shape index (κ3) is 3.12. The van der Waals surface area contributed by atoms with Crippen molar-refractivity contribution in [2.45, 2.75) is 18.9 Å². The molecule has 19 heavy (non-hydrogen) atoms. The van der Waals surface area contributed by atoms with Crippen LogP contribution in [-0.2, 0) is 9.53 Å². The molecule has 1 fully saturated rings.